The van der Waals surface area contributed by atoms with Crippen LogP contribution in [0, 0.1) is 12.7 Å². The number of hydrogen-bond acceptors (Lipinski definition) is 2. The average molecular weight is 421 g/mol. The maximum absolute atomic E-state index is 14.3. The van der Waals surface area contributed by atoms with Gasteiger partial charge in [-0.2, -0.15) is 0 Å². The topological polar surface area (TPSA) is 12.0 Å². The van der Waals surface area contributed by atoms with Crippen LogP contribution in [-0.4, -0.2) is 6.54 Å². The summed E-state index contributed by atoms with van der Waals surface area (Å²) in [6.45, 7) is 5.01. The molecule has 0 amide bonds. The number of aryl methyl sites for hydroxylation is 1. The van der Waals surface area contributed by atoms with E-state index in [2.05, 4.69) is 57.1 Å². The third-order valence-electron chi connectivity index (χ3n) is 2.99. The average Bonchev–Trinajstić information content (AvgIpc) is 2.72. The zero-order valence-electron chi connectivity index (χ0n) is 11.3. The SMILES string of the molecule is CCCNC(c1sc(C)cc1Br)c1c(F)cccc1Br. The first-order valence-corrected chi connectivity index (χ1v) is 8.88. The molecule has 0 spiro atoms. The summed E-state index contributed by atoms with van der Waals surface area (Å²) in [5, 5.41) is 3.45. The standard InChI is InChI=1S/C15H16Br2FNS/c1-3-7-19-14(15-11(17)8-9(2)20-15)13-10(16)5-4-6-12(13)18/h4-6,8,14,19H,3,7H2,1-2H3. The largest absolute Gasteiger partial charge is 0.305 e. The molecule has 0 saturated heterocycles. The van der Waals surface area contributed by atoms with Gasteiger partial charge in [-0.3, -0.25) is 0 Å². The van der Waals surface area contributed by atoms with E-state index in [4.69, 9.17) is 0 Å². The van der Waals surface area contributed by atoms with E-state index in [0.29, 0.717) is 5.56 Å². The van der Waals surface area contributed by atoms with Gasteiger partial charge in [0.25, 0.3) is 0 Å². The molecular formula is C15H16Br2FNS. The van der Waals surface area contributed by atoms with Crippen molar-refractivity contribution in [2.45, 2.75) is 26.3 Å². The Kier molecular flexibility index (Phi) is 5.78. The Hall–Kier alpha value is -0.230. The van der Waals surface area contributed by atoms with Crippen LogP contribution in [0.5, 0.6) is 0 Å². The lowest BCUT2D eigenvalue weighted by atomic mass is 10.0. The fourth-order valence-electron chi connectivity index (χ4n) is 2.10. The first kappa shape index (κ1) is 16.1. The van der Waals surface area contributed by atoms with Gasteiger partial charge in [0, 0.05) is 24.3 Å². The fourth-order valence-corrected chi connectivity index (χ4v) is 4.64. The first-order chi connectivity index (χ1) is 9.54. The Balaban J connectivity index is 2.50. The van der Waals surface area contributed by atoms with Gasteiger partial charge in [0.2, 0.25) is 0 Å². The van der Waals surface area contributed by atoms with Gasteiger partial charge in [-0.05, 0) is 54.0 Å². The van der Waals surface area contributed by atoms with E-state index in [1.54, 1.807) is 17.4 Å². The number of halogens is 3. The molecule has 2 rings (SSSR count). The quantitative estimate of drug-likeness (QED) is 0.643. The van der Waals surface area contributed by atoms with Crippen LogP contribution in [0.15, 0.2) is 33.2 Å². The second-order valence-corrected chi connectivity index (χ2v) is 7.59. The van der Waals surface area contributed by atoms with E-state index in [-0.39, 0.29) is 11.9 Å². The van der Waals surface area contributed by atoms with Crippen LogP contribution in [0.3, 0.4) is 0 Å². The molecule has 0 aliphatic rings. The Morgan fingerprint density at radius 3 is 2.60 bits per heavy atom. The van der Waals surface area contributed by atoms with Gasteiger partial charge < -0.3 is 5.32 Å². The van der Waals surface area contributed by atoms with Crippen molar-refractivity contribution in [2.75, 3.05) is 6.54 Å². The summed E-state index contributed by atoms with van der Waals surface area (Å²) >= 11 is 8.75. The molecule has 0 aliphatic carbocycles. The third-order valence-corrected chi connectivity index (χ3v) is 5.71. The third kappa shape index (κ3) is 3.50. The molecule has 5 heteroatoms. The van der Waals surface area contributed by atoms with Crippen molar-refractivity contribution in [1.82, 2.24) is 5.32 Å². The van der Waals surface area contributed by atoms with Crippen LogP contribution >= 0.6 is 43.2 Å². The normalized spacial score (nSPS) is 12.7. The van der Waals surface area contributed by atoms with E-state index in [9.17, 15) is 4.39 Å². The molecule has 0 radical (unpaired) electrons. The van der Waals surface area contributed by atoms with Crippen molar-refractivity contribution in [3.8, 4) is 0 Å². The van der Waals surface area contributed by atoms with Crippen LogP contribution in [0.25, 0.3) is 0 Å². The van der Waals surface area contributed by atoms with Crippen molar-refractivity contribution < 1.29 is 4.39 Å². The molecular weight excluding hydrogens is 405 g/mol. The van der Waals surface area contributed by atoms with E-state index in [1.165, 1.54) is 10.9 Å². The summed E-state index contributed by atoms with van der Waals surface area (Å²) in [6.07, 6.45) is 1.00. The number of nitrogens with one attached hydrogen (secondary N) is 1. The maximum Gasteiger partial charge on any atom is 0.129 e. The number of thiophene rings is 1. The Morgan fingerprint density at radius 2 is 2.05 bits per heavy atom. The Morgan fingerprint density at radius 1 is 1.30 bits per heavy atom. The molecule has 0 aliphatic heterocycles. The molecule has 1 nitrogen and oxygen atoms in total. The van der Waals surface area contributed by atoms with Gasteiger partial charge in [-0.15, -0.1) is 11.3 Å². The molecule has 1 aromatic heterocycles. The van der Waals surface area contributed by atoms with Crippen molar-refractivity contribution in [1.29, 1.82) is 0 Å². The maximum atomic E-state index is 14.3. The molecule has 1 heterocycles. The molecule has 108 valence electrons. The second kappa shape index (κ2) is 7.16. The lowest BCUT2D eigenvalue weighted by Gasteiger charge is -2.20. The molecule has 0 fully saturated rings. The van der Waals surface area contributed by atoms with E-state index in [1.807, 2.05) is 6.07 Å². The van der Waals surface area contributed by atoms with Crippen molar-refractivity contribution >= 4 is 43.2 Å². The lowest BCUT2D eigenvalue weighted by Crippen LogP contribution is -2.24. The molecule has 20 heavy (non-hydrogen) atoms. The number of benzene rings is 1. The van der Waals surface area contributed by atoms with Crippen LogP contribution in [-0.2, 0) is 0 Å². The van der Waals surface area contributed by atoms with Gasteiger partial charge >= 0.3 is 0 Å². The monoisotopic (exact) mass is 419 g/mol. The predicted molar refractivity (Wildman–Crippen MR) is 91.0 cm³/mol. The molecule has 2 aromatic rings. The van der Waals surface area contributed by atoms with Gasteiger partial charge in [0.15, 0.2) is 0 Å². The molecule has 1 unspecified atom stereocenters. The van der Waals surface area contributed by atoms with Gasteiger partial charge in [-0.1, -0.05) is 28.9 Å². The molecule has 1 atom stereocenters. The second-order valence-electron chi connectivity index (χ2n) is 4.59. The molecule has 1 N–H and O–H groups in total. The Labute approximate surface area is 139 Å². The lowest BCUT2D eigenvalue weighted by molar-refractivity contribution is 0.548. The summed E-state index contributed by atoms with van der Waals surface area (Å²) < 4.78 is 16.1. The number of rotatable bonds is 5. The van der Waals surface area contributed by atoms with Crippen molar-refractivity contribution in [3.63, 3.8) is 0 Å². The summed E-state index contributed by atoms with van der Waals surface area (Å²) in [5.41, 5.74) is 0.670. The highest BCUT2D eigenvalue weighted by molar-refractivity contribution is 9.10. The predicted octanol–water partition coefficient (Wildman–Crippen LogP) is 5.81. The highest BCUT2D eigenvalue weighted by Gasteiger charge is 2.23. The van der Waals surface area contributed by atoms with Crippen LogP contribution in [0.1, 0.15) is 34.7 Å². The van der Waals surface area contributed by atoms with E-state index < -0.39 is 0 Å². The minimum atomic E-state index is -0.189. The van der Waals surface area contributed by atoms with E-state index in [0.717, 1.165) is 26.8 Å². The summed E-state index contributed by atoms with van der Waals surface area (Å²) in [7, 11) is 0. The van der Waals surface area contributed by atoms with Crippen LogP contribution in [0.4, 0.5) is 4.39 Å². The van der Waals surface area contributed by atoms with Gasteiger partial charge in [-0.25, -0.2) is 4.39 Å². The zero-order valence-corrected chi connectivity index (χ0v) is 15.3. The van der Waals surface area contributed by atoms with Crippen LogP contribution < -0.4 is 5.32 Å². The molecule has 0 bridgehead atoms. The smallest absolute Gasteiger partial charge is 0.129 e. The van der Waals surface area contributed by atoms with Gasteiger partial charge in [0.05, 0.1) is 6.04 Å². The van der Waals surface area contributed by atoms with Crippen molar-refractivity contribution in [2.24, 2.45) is 0 Å². The summed E-state index contributed by atoms with van der Waals surface area (Å²) in [4.78, 5) is 2.32. The highest BCUT2D eigenvalue weighted by atomic mass is 79.9. The summed E-state index contributed by atoms with van der Waals surface area (Å²) in [5.74, 6) is -0.189. The molecule has 1 aromatic carbocycles. The van der Waals surface area contributed by atoms with Crippen molar-refractivity contribution in [3.05, 3.63) is 54.3 Å². The highest BCUT2D eigenvalue weighted by Crippen LogP contribution is 2.38. The minimum Gasteiger partial charge on any atom is -0.305 e. The summed E-state index contributed by atoms with van der Waals surface area (Å²) in [6, 6.07) is 7.05. The van der Waals surface area contributed by atoms with Crippen LogP contribution in [0.2, 0.25) is 0 Å². The van der Waals surface area contributed by atoms with Gasteiger partial charge in [0.1, 0.15) is 5.82 Å². The fraction of sp³-hybridized carbons (Fsp3) is 0.333. The Bertz CT molecular complexity index is 577. The number of hydrogen-bond donors (Lipinski definition) is 1. The molecule has 0 saturated carbocycles. The van der Waals surface area contributed by atoms with E-state index >= 15 is 0 Å². The minimum absolute atomic E-state index is 0.140. The first-order valence-electron chi connectivity index (χ1n) is 6.47. The zero-order chi connectivity index (χ0) is 14.7.